The van der Waals surface area contributed by atoms with Gasteiger partial charge in [0.05, 0.1) is 0 Å². The van der Waals surface area contributed by atoms with Crippen molar-refractivity contribution in [2.45, 2.75) is 71.6 Å². The highest BCUT2D eigenvalue weighted by Gasteiger charge is 2.31. The first-order valence-corrected chi connectivity index (χ1v) is 20.9. The zero-order valence-electron chi connectivity index (χ0n) is 34.7. The van der Waals surface area contributed by atoms with Crippen LogP contribution in [0.2, 0.25) is 0 Å². The second-order valence-electron chi connectivity index (χ2n) is 16.5. The van der Waals surface area contributed by atoms with Crippen molar-refractivity contribution in [3.8, 4) is 0 Å². The van der Waals surface area contributed by atoms with E-state index in [1.165, 1.54) is 44.2 Å². The van der Waals surface area contributed by atoms with Gasteiger partial charge in [-0.15, -0.1) is 0 Å². The van der Waals surface area contributed by atoms with E-state index in [4.69, 9.17) is 11.0 Å². The first kappa shape index (κ1) is 38.7. The predicted octanol–water partition coefficient (Wildman–Crippen LogP) is 14.3. The molecule has 2 aliphatic rings. The predicted molar refractivity (Wildman–Crippen MR) is 251 cm³/mol. The molecule has 0 saturated carbocycles. The van der Waals surface area contributed by atoms with Crippen LogP contribution in [0.1, 0.15) is 98.2 Å². The van der Waals surface area contributed by atoms with Gasteiger partial charge in [0.25, 0.3) is 0 Å². The van der Waals surface area contributed by atoms with Crippen molar-refractivity contribution in [3.63, 3.8) is 0 Å². The summed E-state index contributed by atoms with van der Waals surface area (Å²) in [6.45, 7) is 20.5. The molecule has 1 nitrogen and oxygen atoms in total. The molecular weight excluding hydrogens is 701 g/mol. The molecule has 0 N–H and O–H groups in total. The Hall–Kier alpha value is -6.18. The highest BCUT2D eigenvalue weighted by Crippen LogP contribution is 2.45. The SMILES string of the molecule is C=C/C(=C\C(=C)C1=c2/cccc/c2=C(\C2=C/c3c(ccc4c3oc3ccccc34)C(C)c3ccccc3C(C)(C)C2)/C=C/CC/C=C/1)c1ccc(C)c(/C=C\CC)c1. The fourth-order valence-corrected chi connectivity index (χ4v) is 9.04. The van der Waals surface area contributed by atoms with E-state index < -0.39 is 0 Å². The third kappa shape index (κ3) is 7.38. The number of allylic oxidation sites excluding steroid dienone is 10. The first-order valence-electron chi connectivity index (χ1n) is 20.9. The lowest BCUT2D eigenvalue weighted by atomic mass is 9.74. The zero-order chi connectivity index (χ0) is 40.4. The number of hydrogen-bond donors (Lipinski definition) is 0. The van der Waals surface area contributed by atoms with Crippen LogP contribution >= 0.6 is 0 Å². The van der Waals surface area contributed by atoms with Crippen molar-refractivity contribution in [2.75, 3.05) is 0 Å². The molecule has 0 saturated heterocycles. The lowest BCUT2D eigenvalue weighted by Gasteiger charge is -2.30. The quantitative estimate of drug-likeness (QED) is 0.148. The van der Waals surface area contributed by atoms with Crippen LogP contribution in [0, 0.1) is 6.92 Å². The smallest absolute Gasteiger partial charge is 0.142 e. The number of benzene rings is 5. The van der Waals surface area contributed by atoms with Gasteiger partial charge in [0.2, 0.25) is 0 Å². The Morgan fingerprint density at radius 1 is 0.828 bits per heavy atom. The van der Waals surface area contributed by atoms with Crippen LogP contribution in [-0.2, 0) is 5.41 Å². The van der Waals surface area contributed by atoms with Crippen LogP contribution in [0.3, 0.4) is 0 Å². The molecule has 1 atom stereocenters. The number of fused-ring (bicyclic) bond motifs is 7. The summed E-state index contributed by atoms with van der Waals surface area (Å²) in [5, 5.41) is 4.66. The molecular formula is C57H54O. The van der Waals surface area contributed by atoms with Crippen molar-refractivity contribution < 1.29 is 4.42 Å². The second kappa shape index (κ2) is 16.4. The number of aryl methyl sites for hydroxylation is 1. The summed E-state index contributed by atoms with van der Waals surface area (Å²) in [5.74, 6) is 0.169. The van der Waals surface area contributed by atoms with Crippen molar-refractivity contribution in [3.05, 3.63) is 219 Å². The van der Waals surface area contributed by atoms with Gasteiger partial charge >= 0.3 is 0 Å². The molecule has 1 heterocycles. The fraction of sp³-hybridized carbons (Fsp3) is 0.193. The molecule has 2 aliphatic carbocycles. The minimum Gasteiger partial charge on any atom is -0.455 e. The topological polar surface area (TPSA) is 13.1 Å². The zero-order valence-corrected chi connectivity index (χ0v) is 34.7. The molecule has 0 aliphatic heterocycles. The molecule has 5 aromatic carbocycles. The summed E-state index contributed by atoms with van der Waals surface area (Å²) >= 11 is 0. The maximum absolute atomic E-state index is 6.81. The highest BCUT2D eigenvalue weighted by molar-refractivity contribution is 6.08. The Labute approximate surface area is 344 Å². The Balaban J connectivity index is 1.41. The third-order valence-corrected chi connectivity index (χ3v) is 12.2. The molecule has 0 amide bonds. The highest BCUT2D eigenvalue weighted by atomic mass is 16.3. The Morgan fingerprint density at radius 3 is 2.38 bits per heavy atom. The molecule has 1 heteroatoms. The van der Waals surface area contributed by atoms with E-state index in [2.05, 4.69) is 193 Å². The molecule has 1 aromatic heterocycles. The maximum atomic E-state index is 6.81. The number of hydrogen-bond acceptors (Lipinski definition) is 1. The van der Waals surface area contributed by atoms with Crippen LogP contribution in [0.4, 0.5) is 0 Å². The Bertz CT molecular complexity index is 2870. The number of furan rings is 1. The molecule has 8 rings (SSSR count). The summed E-state index contributed by atoms with van der Waals surface area (Å²) < 4.78 is 6.81. The van der Waals surface area contributed by atoms with E-state index in [0.29, 0.717) is 0 Å². The van der Waals surface area contributed by atoms with Crippen LogP contribution in [0.25, 0.3) is 50.8 Å². The van der Waals surface area contributed by atoms with Gasteiger partial charge in [0.1, 0.15) is 11.2 Å². The van der Waals surface area contributed by atoms with Crippen molar-refractivity contribution in [1.29, 1.82) is 0 Å². The summed E-state index contributed by atoms with van der Waals surface area (Å²) in [4.78, 5) is 0. The van der Waals surface area contributed by atoms with Gasteiger partial charge < -0.3 is 4.42 Å². The van der Waals surface area contributed by atoms with Gasteiger partial charge in [-0.25, -0.2) is 0 Å². The first-order chi connectivity index (χ1) is 28.2. The fourth-order valence-electron chi connectivity index (χ4n) is 9.04. The molecule has 0 radical (unpaired) electrons. The van der Waals surface area contributed by atoms with Gasteiger partial charge in [0, 0.05) is 22.3 Å². The lowest BCUT2D eigenvalue weighted by molar-refractivity contribution is 0.520. The number of para-hydroxylation sites is 1. The minimum absolute atomic E-state index is 0.159. The van der Waals surface area contributed by atoms with E-state index in [9.17, 15) is 0 Å². The van der Waals surface area contributed by atoms with Crippen molar-refractivity contribution in [1.82, 2.24) is 0 Å². The average molecular weight is 755 g/mol. The molecule has 58 heavy (non-hydrogen) atoms. The monoisotopic (exact) mass is 754 g/mol. The summed E-state index contributed by atoms with van der Waals surface area (Å²) in [7, 11) is 0. The Morgan fingerprint density at radius 2 is 1.57 bits per heavy atom. The van der Waals surface area contributed by atoms with Crippen LogP contribution in [0.15, 0.2) is 174 Å². The van der Waals surface area contributed by atoms with Crippen molar-refractivity contribution in [2.24, 2.45) is 0 Å². The summed E-state index contributed by atoms with van der Waals surface area (Å²) in [6, 6.07) is 37.7. The van der Waals surface area contributed by atoms with Crippen LogP contribution < -0.4 is 10.4 Å². The lowest BCUT2D eigenvalue weighted by Crippen LogP contribution is -2.30. The molecule has 0 bridgehead atoms. The minimum atomic E-state index is -0.159. The second-order valence-corrected chi connectivity index (χ2v) is 16.5. The van der Waals surface area contributed by atoms with E-state index in [-0.39, 0.29) is 11.3 Å². The van der Waals surface area contributed by atoms with E-state index in [1.54, 1.807) is 0 Å². The molecule has 1 unspecified atom stereocenters. The van der Waals surface area contributed by atoms with E-state index in [1.807, 2.05) is 6.08 Å². The van der Waals surface area contributed by atoms with Crippen LogP contribution in [0.5, 0.6) is 0 Å². The van der Waals surface area contributed by atoms with Gasteiger partial charge in [0.15, 0.2) is 0 Å². The molecule has 0 fully saturated rings. The Kier molecular flexibility index (Phi) is 10.9. The maximum Gasteiger partial charge on any atom is 0.142 e. The van der Waals surface area contributed by atoms with Gasteiger partial charge in [-0.2, -0.15) is 0 Å². The standard InChI is InChI=1S/C57H54O/c1-8-10-21-42-35-43(31-30-38(42)3)41(9-2)34-39(4)45-22-13-11-12-14-24-48(50-26-16-15-25-49(45)50)44-36-53-46(32-33-52-51-27-18-20-29-55(51)58-56(52)53)40(5)47-23-17-19-28-54(47)57(6,7)37-44/h9-10,13-36,40H,2,4,8,11-12,37H2,1,3,5-7H3/b21-10-,22-13+,24-14+,41-34+,44-36-,49-45+,50-48+. The van der Waals surface area contributed by atoms with E-state index in [0.717, 1.165) is 80.7 Å². The van der Waals surface area contributed by atoms with E-state index >= 15 is 0 Å². The van der Waals surface area contributed by atoms with Gasteiger partial charge in [-0.3, -0.25) is 0 Å². The third-order valence-electron chi connectivity index (χ3n) is 12.2. The number of rotatable bonds is 7. The summed E-state index contributed by atoms with van der Waals surface area (Å²) in [5.41, 5.74) is 16.2. The normalized spacial score (nSPS) is 20.8. The van der Waals surface area contributed by atoms with Gasteiger partial charge in [-0.05, 0) is 134 Å². The average Bonchev–Trinajstić information content (AvgIpc) is 3.63. The van der Waals surface area contributed by atoms with Crippen molar-refractivity contribution >= 4 is 50.8 Å². The van der Waals surface area contributed by atoms with Crippen LogP contribution in [-0.4, -0.2) is 0 Å². The van der Waals surface area contributed by atoms with Gasteiger partial charge in [-0.1, -0.05) is 174 Å². The summed E-state index contributed by atoms with van der Waals surface area (Å²) in [6.07, 6.45) is 24.1. The molecule has 6 aromatic rings. The largest absolute Gasteiger partial charge is 0.455 e. The molecule has 288 valence electrons. The molecule has 0 spiro atoms.